The van der Waals surface area contributed by atoms with Gasteiger partial charge in [0.05, 0.1) is 25.4 Å². The van der Waals surface area contributed by atoms with Gasteiger partial charge in [-0.2, -0.15) is 0 Å². The number of ether oxygens (including phenoxy) is 2. The molecular formula is C46H85NO10. The number of allylic oxidation sites excluding steroid dienone is 6. The summed E-state index contributed by atoms with van der Waals surface area (Å²) in [4.78, 5) is 13.1. The largest absolute Gasteiger partial charge is 0.394 e. The van der Waals surface area contributed by atoms with Crippen LogP contribution in [0.1, 0.15) is 181 Å². The van der Waals surface area contributed by atoms with Gasteiger partial charge in [0.15, 0.2) is 6.29 Å². The van der Waals surface area contributed by atoms with Gasteiger partial charge in [-0.15, -0.1) is 0 Å². The molecule has 1 heterocycles. The van der Waals surface area contributed by atoms with Crippen LogP contribution in [-0.2, 0) is 14.3 Å². The zero-order chi connectivity index (χ0) is 41.9. The minimum absolute atomic E-state index is 0.247. The van der Waals surface area contributed by atoms with Crippen molar-refractivity contribution < 1.29 is 50.0 Å². The first kappa shape index (κ1) is 53.3. The third kappa shape index (κ3) is 26.2. The number of hydrogen-bond donors (Lipinski definition) is 8. The molecular weight excluding hydrogens is 727 g/mol. The maximum atomic E-state index is 13.1. The second kappa shape index (κ2) is 36.2. The second-order valence-electron chi connectivity index (χ2n) is 16.1. The molecule has 1 aliphatic heterocycles. The van der Waals surface area contributed by atoms with E-state index in [2.05, 4.69) is 55.6 Å². The first-order chi connectivity index (χ1) is 27.7. The van der Waals surface area contributed by atoms with E-state index in [0.717, 1.165) is 44.9 Å². The minimum Gasteiger partial charge on any atom is -0.394 e. The predicted molar refractivity (Wildman–Crippen MR) is 228 cm³/mol. The lowest BCUT2D eigenvalue weighted by molar-refractivity contribution is -0.303. The summed E-state index contributed by atoms with van der Waals surface area (Å²) in [6.07, 6.45) is 29.1. The zero-order valence-corrected chi connectivity index (χ0v) is 35.8. The molecule has 0 spiro atoms. The van der Waals surface area contributed by atoms with Crippen LogP contribution >= 0.6 is 0 Å². The number of aliphatic hydroxyl groups is 7. The van der Waals surface area contributed by atoms with E-state index in [0.29, 0.717) is 12.8 Å². The van der Waals surface area contributed by atoms with Crippen molar-refractivity contribution in [1.29, 1.82) is 0 Å². The Labute approximate surface area is 346 Å². The number of carbonyl (C=O) groups excluding carboxylic acids is 1. The highest BCUT2D eigenvalue weighted by atomic mass is 16.7. The molecule has 1 amide bonds. The molecule has 0 aromatic carbocycles. The van der Waals surface area contributed by atoms with E-state index < -0.39 is 74.2 Å². The Bertz CT molecular complexity index is 1020. The first-order valence-electron chi connectivity index (χ1n) is 22.9. The number of rotatable bonds is 37. The summed E-state index contributed by atoms with van der Waals surface area (Å²) in [7, 11) is 0. The van der Waals surface area contributed by atoms with Crippen LogP contribution < -0.4 is 5.32 Å². The molecule has 11 heteroatoms. The third-order valence-electron chi connectivity index (χ3n) is 10.9. The molecule has 57 heavy (non-hydrogen) atoms. The van der Waals surface area contributed by atoms with Crippen molar-refractivity contribution in [3.63, 3.8) is 0 Å². The number of carbonyl (C=O) groups is 1. The normalized spacial score (nSPS) is 22.4. The van der Waals surface area contributed by atoms with Crippen molar-refractivity contribution >= 4 is 5.91 Å². The second-order valence-corrected chi connectivity index (χ2v) is 16.1. The maximum Gasteiger partial charge on any atom is 0.249 e. The lowest BCUT2D eigenvalue weighted by Gasteiger charge is -2.40. The summed E-state index contributed by atoms with van der Waals surface area (Å²) < 4.78 is 11.1. The van der Waals surface area contributed by atoms with Gasteiger partial charge in [0.1, 0.15) is 36.6 Å². The molecule has 0 bridgehead atoms. The van der Waals surface area contributed by atoms with Crippen LogP contribution in [0.15, 0.2) is 36.5 Å². The monoisotopic (exact) mass is 812 g/mol. The fourth-order valence-corrected chi connectivity index (χ4v) is 7.08. The van der Waals surface area contributed by atoms with Crippen LogP contribution in [0.5, 0.6) is 0 Å². The third-order valence-corrected chi connectivity index (χ3v) is 10.9. The van der Waals surface area contributed by atoms with Crippen LogP contribution in [0.2, 0.25) is 0 Å². The summed E-state index contributed by atoms with van der Waals surface area (Å²) in [5, 5.41) is 75.5. The molecule has 1 fully saturated rings. The minimum atomic E-state index is -1.67. The van der Waals surface area contributed by atoms with Gasteiger partial charge in [0.2, 0.25) is 5.91 Å². The Hall–Kier alpha value is -1.67. The van der Waals surface area contributed by atoms with Gasteiger partial charge in [-0.1, -0.05) is 153 Å². The van der Waals surface area contributed by atoms with Gasteiger partial charge >= 0.3 is 0 Å². The van der Waals surface area contributed by atoms with Crippen LogP contribution in [0.25, 0.3) is 0 Å². The predicted octanol–water partition coefficient (Wildman–Crippen LogP) is 7.22. The van der Waals surface area contributed by atoms with E-state index in [9.17, 15) is 40.5 Å². The zero-order valence-electron chi connectivity index (χ0n) is 35.8. The van der Waals surface area contributed by atoms with Gasteiger partial charge in [0, 0.05) is 0 Å². The van der Waals surface area contributed by atoms with E-state index in [1.807, 2.05) is 0 Å². The average molecular weight is 812 g/mol. The first-order valence-corrected chi connectivity index (χ1v) is 22.9. The summed E-state index contributed by atoms with van der Waals surface area (Å²) in [5.41, 5.74) is 0. The van der Waals surface area contributed by atoms with Gasteiger partial charge < -0.3 is 50.5 Å². The van der Waals surface area contributed by atoms with E-state index in [1.165, 1.54) is 96.3 Å². The molecule has 0 aromatic heterocycles. The van der Waals surface area contributed by atoms with Crippen molar-refractivity contribution in [2.75, 3.05) is 13.2 Å². The van der Waals surface area contributed by atoms with Crippen LogP contribution in [0.3, 0.4) is 0 Å². The molecule has 8 N–H and O–H groups in total. The summed E-state index contributed by atoms with van der Waals surface area (Å²) in [6, 6.07) is -1.18. The molecule has 9 unspecified atom stereocenters. The molecule has 1 saturated heterocycles. The molecule has 0 radical (unpaired) electrons. The number of aliphatic hydroxyl groups excluding tert-OH is 7. The van der Waals surface area contributed by atoms with Crippen molar-refractivity contribution in [1.82, 2.24) is 5.32 Å². The highest BCUT2D eigenvalue weighted by Crippen LogP contribution is 2.23. The van der Waals surface area contributed by atoms with Gasteiger partial charge in [-0.25, -0.2) is 0 Å². The Kier molecular flexibility index (Phi) is 33.9. The molecule has 0 aliphatic carbocycles. The highest BCUT2D eigenvalue weighted by Gasteiger charge is 2.44. The van der Waals surface area contributed by atoms with E-state index >= 15 is 0 Å². The van der Waals surface area contributed by atoms with E-state index in [-0.39, 0.29) is 12.8 Å². The standard InChI is InChI=1S/C46H85NO10/c1-3-5-7-9-11-13-15-17-18-19-20-21-22-24-26-28-30-32-34-39(50)45(55)47-37(36-56-46-44(54)43(53)42(52)40(35-48)57-46)41(51)38(49)33-31-29-27-25-23-16-14-12-10-8-6-4-2/h11,13,15,17,25,27,37-44,46,48-54H,3-10,12,14,16,18-24,26,28-36H2,1-2H3,(H,47,55)/b13-11-,17-15-,27-25+. The summed E-state index contributed by atoms with van der Waals surface area (Å²) in [5.74, 6) is -0.713. The van der Waals surface area contributed by atoms with Crippen LogP contribution in [0.4, 0.5) is 0 Å². The topological polar surface area (TPSA) is 189 Å². The Balaban J connectivity index is 2.47. The molecule has 1 rings (SSSR count). The lowest BCUT2D eigenvalue weighted by atomic mass is 9.98. The Morgan fingerprint density at radius 3 is 1.65 bits per heavy atom. The SMILES string of the molecule is CCCCC/C=C\C=C/CCCCCCCCCCCC(O)C(=O)NC(COC1OC(CO)C(O)C(O)C1O)C(O)C(O)CCC/C=C/CCCCCCCCC. The molecule has 0 saturated carbocycles. The van der Waals surface area contributed by atoms with E-state index in [4.69, 9.17) is 9.47 Å². The molecule has 0 aromatic rings. The van der Waals surface area contributed by atoms with Crippen molar-refractivity contribution in [3.8, 4) is 0 Å². The van der Waals surface area contributed by atoms with Gasteiger partial charge in [-0.3, -0.25) is 4.79 Å². The summed E-state index contributed by atoms with van der Waals surface area (Å²) >= 11 is 0. The highest BCUT2D eigenvalue weighted by molar-refractivity contribution is 5.80. The van der Waals surface area contributed by atoms with Crippen LogP contribution in [0, 0.1) is 0 Å². The molecule has 334 valence electrons. The molecule has 1 aliphatic rings. The number of nitrogens with one attached hydrogen (secondary N) is 1. The number of hydrogen-bond acceptors (Lipinski definition) is 10. The van der Waals surface area contributed by atoms with Crippen LogP contribution in [-0.4, -0.2) is 110 Å². The molecule has 11 nitrogen and oxygen atoms in total. The fourth-order valence-electron chi connectivity index (χ4n) is 7.08. The molecule has 9 atom stereocenters. The van der Waals surface area contributed by atoms with E-state index in [1.54, 1.807) is 0 Å². The van der Waals surface area contributed by atoms with Gasteiger partial charge in [-0.05, 0) is 64.2 Å². The quantitative estimate of drug-likeness (QED) is 0.0181. The van der Waals surface area contributed by atoms with Crippen molar-refractivity contribution in [2.45, 2.75) is 236 Å². The average Bonchev–Trinajstić information content (AvgIpc) is 3.21. The lowest BCUT2D eigenvalue weighted by Crippen LogP contribution is -2.60. The smallest absolute Gasteiger partial charge is 0.249 e. The van der Waals surface area contributed by atoms with Gasteiger partial charge in [0.25, 0.3) is 0 Å². The van der Waals surface area contributed by atoms with Crippen molar-refractivity contribution in [2.24, 2.45) is 0 Å². The Morgan fingerprint density at radius 1 is 0.614 bits per heavy atom. The summed E-state index contributed by atoms with van der Waals surface area (Å²) in [6.45, 7) is 3.37. The fraction of sp³-hybridized carbons (Fsp3) is 0.848. The Morgan fingerprint density at radius 2 is 1.09 bits per heavy atom. The van der Waals surface area contributed by atoms with Crippen molar-refractivity contribution in [3.05, 3.63) is 36.5 Å². The number of unbranched alkanes of at least 4 members (excludes halogenated alkanes) is 20. The maximum absolute atomic E-state index is 13.1. The number of amides is 1.